The average Bonchev–Trinajstić information content (AvgIpc) is 2.96. The van der Waals surface area contributed by atoms with Gasteiger partial charge in [0.2, 0.25) is 0 Å². The van der Waals surface area contributed by atoms with Crippen LogP contribution >= 0.6 is 0 Å². The van der Waals surface area contributed by atoms with Crippen LogP contribution in [0.25, 0.3) is 11.0 Å². The summed E-state index contributed by atoms with van der Waals surface area (Å²) in [5.41, 5.74) is 1.97. The van der Waals surface area contributed by atoms with Crippen LogP contribution < -0.4 is 16.2 Å². The number of carbonyl (C=O) groups is 1. The minimum atomic E-state index is -0.357. The summed E-state index contributed by atoms with van der Waals surface area (Å²) < 4.78 is 7.17. The molecule has 2 amide bonds. The Morgan fingerprint density at radius 3 is 2.75 bits per heavy atom. The molecular weight excluding hydrogens is 306 g/mol. The van der Waals surface area contributed by atoms with Gasteiger partial charge in [-0.1, -0.05) is 18.2 Å². The Bertz CT molecular complexity index is 923. The molecule has 24 heavy (non-hydrogen) atoms. The van der Waals surface area contributed by atoms with Gasteiger partial charge in [0.1, 0.15) is 11.3 Å². The van der Waals surface area contributed by atoms with E-state index in [1.165, 1.54) is 10.6 Å². The van der Waals surface area contributed by atoms with Crippen molar-refractivity contribution >= 4 is 22.7 Å². The summed E-state index contributed by atoms with van der Waals surface area (Å²) in [6.07, 6.45) is 1.60. The Hall–Kier alpha value is -3.02. The lowest BCUT2D eigenvalue weighted by Crippen LogP contribution is -2.31. The van der Waals surface area contributed by atoms with Crippen LogP contribution in [-0.2, 0) is 7.05 Å². The zero-order valence-corrected chi connectivity index (χ0v) is 13.8. The zero-order valence-electron chi connectivity index (χ0n) is 13.8. The van der Waals surface area contributed by atoms with E-state index < -0.39 is 0 Å². The maximum absolute atomic E-state index is 12.2. The van der Waals surface area contributed by atoms with E-state index in [9.17, 15) is 9.59 Å². The molecule has 0 saturated carbocycles. The first-order chi connectivity index (χ1) is 11.4. The number of fused-ring (bicyclic) bond motifs is 1. The fraction of sp³-hybridized carbons (Fsp3) is 0.222. The van der Waals surface area contributed by atoms with Crippen molar-refractivity contribution in [2.75, 3.05) is 5.32 Å². The van der Waals surface area contributed by atoms with E-state index in [0.29, 0.717) is 17.0 Å². The molecule has 3 aromatic rings. The molecule has 0 bridgehead atoms. The van der Waals surface area contributed by atoms with Crippen LogP contribution in [-0.4, -0.2) is 10.6 Å². The van der Waals surface area contributed by atoms with Gasteiger partial charge in [-0.25, -0.2) is 4.79 Å². The molecule has 6 nitrogen and oxygen atoms in total. The van der Waals surface area contributed by atoms with Gasteiger partial charge in [-0.3, -0.25) is 4.79 Å². The Morgan fingerprint density at radius 2 is 2.00 bits per heavy atom. The number of amides is 2. The van der Waals surface area contributed by atoms with Crippen molar-refractivity contribution in [3.63, 3.8) is 0 Å². The van der Waals surface area contributed by atoms with Crippen molar-refractivity contribution in [3.8, 4) is 0 Å². The summed E-state index contributed by atoms with van der Waals surface area (Å²) in [6, 6.07) is 10.4. The number of aromatic nitrogens is 1. The fourth-order valence-electron chi connectivity index (χ4n) is 2.50. The molecule has 1 aromatic carbocycles. The molecule has 0 radical (unpaired) electrons. The molecule has 0 aliphatic heterocycles. The molecule has 6 heteroatoms. The summed E-state index contributed by atoms with van der Waals surface area (Å²) in [5, 5.41) is 6.59. The quantitative estimate of drug-likeness (QED) is 0.775. The summed E-state index contributed by atoms with van der Waals surface area (Å²) in [7, 11) is 1.64. The van der Waals surface area contributed by atoms with Crippen molar-refractivity contribution in [3.05, 3.63) is 64.3 Å². The van der Waals surface area contributed by atoms with E-state index in [2.05, 4.69) is 10.6 Å². The number of aryl methyl sites for hydroxylation is 2. The van der Waals surface area contributed by atoms with Gasteiger partial charge in [-0.15, -0.1) is 0 Å². The number of benzene rings is 1. The predicted molar refractivity (Wildman–Crippen MR) is 93.2 cm³/mol. The van der Waals surface area contributed by atoms with E-state index in [1.807, 2.05) is 37.3 Å². The van der Waals surface area contributed by atoms with Crippen molar-refractivity contribution in [2.45, 2.75) is 19.9 Å². The Labute approximate surface area is 139 Å². The molecule has 0 spiro atoms. The number of urea groups is 1. The second-order valence-corrected chi connectivity index (χ2v) is 5.83. The van der Waals surface area contributed by atoms with Crippen LogP contribution in [0.5, 0.6) is 0 Å². The third-order valence-electron chi connectivity index (χ3n) is 3.90. The summed E-state index contributed by atoms with van der Waals surface area (Å²) in [4.78, 5) is 23.8. The van der Waals surface area contributed by atoms with Crippen molar-refractivity contribution in [1.29, 1.82) is 0 Å². The highest BCUT2D eigenvalue weighted by Crippen LogP contribution is 2.23. The van der Waals surface area contributed by atoms with Gasteiger partial charge in [-0.2, -0.15) is 0 Å². The van der Waals surface area contributed by atoms with Crippen LogP contribution in [0.1, 0.15) is 24.3 Å². The lowest BCUT2D eigenvalue weighted by molar-refractivity contribution is 0.248. The topological polar surface area (TPSA) is 76.3 Å². The molecule has 0 fully saturated rings. The number of rotatable bonds is 3. The highest BCUT2D eigenvalue weighted by atomic mass is 16.3. The molecule has 2 heterocycles. The number of anilines is 1. The Balaban J connectivity index is 1.72. The summed E-state index contributed by atoms with van der Waals surface area (Å²) >= 11 is 0. The van der Waals surface area contributed by atoms with Gasteiger partial charge in [-0.05, 0) is 31.5 Å². The monoisotopic (exact) mass is 325 g/mol. The van der Waals surface area contributed by atoms with E-state index in [-0.39, 0.29) is 17.6 Å². The van der Waals surface area contributed by atoms with Gasteiger partial charge in [0.15, 0.2) is 0 Å². The standard InChI is InChI=1S/C18H19N3O3/c1-11-8-17(22)21(3)10-14(11)20-18(23)19-12(2)16-9-13-6-4-5-7-15(13)24-16/h4-10,12H,1-3H3,(H2,19,20,23). The smallest absolute Gasteiger partial charge is 0.319 e. The highest BCUT2D eigenvalue weighted by molar-refractivity contribution is 5.90. The van der Waals surface area contributed by atoms with Crippen molar-refractivity contribution in [2.24, 2.45) is 7.05 Å². The van der Waals surface area contributed by atoms with Crippen LogP contribution in [0, 0.1) is 6.92 Å². The molecule has 3 rings (SSSR count). The van der Waals surface area contributed by atoms with Crippen LogP contribution in [0.3, 0.4) is 0 Å². The second kappa shape index (κ2) is 6.23. The second-order valence-electron chi connectivity index (χ2n) is 5.83. The summed E-state index contributed by atoms with van der Waals surface area (Å²) in [6.45, 7) is 3.63. The predicted octanol–water partition coefficient (Wildman–Crippen LogP) is 3.32. The maximum Gasteiger partial charge on any atom is 0.319 e. The van der Waals surface area contributed by atoms with Crippen molar-refractivity contribution in [1.82, 2.24) is 9.88 Å². The molecular formula is C18H19N3O3. The third kappa shape index (κ3) is 3.17. The van der Waals surface area contributed by atoms with E-state index in [4.69, 9.17) is 4.42 Å². The van der Waals surface area contributed by atoms with E-state index in [1.54, 1.807) is 20.2 Å². The number of hydrogen-bond donors (Lipinski definition) is 2. The lowest BCUT2D eigenvalue weighted by Gasteiger charge is -2.14. The highest BCUT2D eigenvalue weighted by Gasteiger charge is 2.15. The van der Waals surface area contributed by atoms with Crippen LogP contribution in [0.4, 0.5) is 10.5 Å². The number of carbonyl (C=O) groups excluding carboxylic acids is 1. The van der Waals surface area contributed by atoms with Gasteiger partial charge >= 0.3 is 6.03 Å². The molecule has 2 N–H and O–H groups in total. The molecule has 0 saturated heterocycles. The average molecular weight is 325 g/mol. The first-order valence-electron chi connectivity index (χ1n) is 7.67. The third-order valence-corrected chi connectivity index (χ3v) is 3.90. The first-order valence-corrected chi connectivity index (χ1v) is 7.67. The van der Waals surface area contributed by atoms with Crippen LogP contribution in [0.2, 0.25) is 0 Å². The molecule has 2 aromatic heterocycles. The molecule has 124 valence electrons. The van der Waals surface area contributed by atoms with Gasteiger partial charge < -0.3 is 19.6 Å². The SMILES string of the molecule is Cc1cc(=O)n(C)cc1NC(=O)NC(C)c1cc2ccccc2o1. The minimum absolute atomic E-state index is 0.117. The number of para-hydroxylation sites is 1. The number of furan rings is 1. The summed E-state index contributed by atoms with van der Waals surface area (Å²) in [5.74, 6) is 0.684. The lowest BCUT2D eigenvalue weighted by atomic mass is 10.2. The van der Waals surface area contributed by atoms with E-state index >= 15 is 0 Å². The molecule has 1 unspecified atom stereocenters. The number of nitrogens with one attached hydrogen (secondary N) is 2. The van der Waals surface area contributed by atoms with E-state index in [0.717, 1.165) is 11.0 Å². The molecule has 0 aliphatic carbocycles. The van der Waals surface area contributed by atoms with Gasteiger partial charge in [0.25, 0.3) is 5.56 Å². The number of nitrogens with zero attached hydrogens (tertiary/aromatic N) is 1. The first kappa shape index (κ1) is 15.9. The van der Waals surface area contributed by atoms with Gasteiger partial charge in [0, 0.05) is 24.7 Å². The maximum atomic E-state index is 12.2. The number of hydrogen-bond acceptors (Lipinski definition) is 3. The van der Waals surface area contributed by atoms with Gasteiger partial charge in [0.05, 0.1) is 11.7 Å². The number of pyridine rings is 1. The largest absolute Gasteiger partial charge is 0.459 e. The molecule has 1 atom stereocenters. The Kier molecular flexibility index (Phi) is 4.12. The minimum Gasteiger partial charge on any atom is -0.459 e. The van der Waals surface area contributed by atoms with Crippen molar-refractivity contribution < 1.29 is 9.21 Å². The fourth-order valence-corrected chi connectivity index (χ4v) is 2.50. The van der Waals surface area contributed by atoms with Crippen LogP contribution in [0.15, 0.2) is 51.8 Å². The Morgan fingerprint density at radius 1 is 1.25 bits per heavy atom. The normalized spacial score (nSPS) is 12.1. The zero-order chi connectivity index (χ0) is 17.3. The molecule has 0 aliphatic rings.